The highest BCUT2D eigenvalue weighted by Crippen LogP contribution is 2.04. The highest BCUT2D eigenvalue weighted by atomic mass is 16.4. The van der Waals surface area contributed by atoms with E-state index in [4.69, 9.17) is 0 Å². The molecule has 0 radical (unpaired) electrons. The zero-order valence-electron chi connectivity index (χ0n) is 13.0. The summed E-state index contributed by atoms with van der Waals surface area (Å²) in [5, 5.41) is 9.35. The van der Waals surface area contributed by atoms with Crippen LogP contribution in [0.3, 0.4) is 0 Å². The van der Waals surface area contributed by atoms with Gasteiger partial charge in [-0.05, 0) is 13.8 Å². The molecule has 2 aromatic heterocycles. The molecule has 0 aliphatic carbocycles. The molecule has 2 rings (SSSR count). The second-order valence-electron chi connectivity index (χ2n) is 5.48. The van der Waals surface area contributed by atoms with Crippen molar-refractivity contribution in [2.24, 2.45) is 5.92 Å². The molecule has 128 valence electrons. The molecule has 0 saturated carbocycles. The van der Waals surface area contributed by atoms with E-state index in [0.717, 1.165) is 9.13 Å². The van der Waals surface area contributed by atoms with Crippen molar-refractivity contribution in [3.63, 3.8) is 0 Å². The van der Waals surface area contributed by atoms with Crippen molar-refractivity contribution in [1.82, 2.24) is 19.1 Å². The number of carboxylic acid groups (broad SMARTS) is 1. The summed E-state index contributed by atoms with van der Waals surface area (Å²) in [6.45, 7) is 2.49. The van der Waals surface area contributed by atoms with Crippen LogP contribution in [0.25, 0.3) is 0 Å². The van der Waals surface area contributed by atoms with Gasteiger partial charge in [0.1, 0.15) is 0 Å². The third kappa shape index (κ3) is 3.59. The molecule has 10 nitrogen and oxygen atoms in total. The first-order valence-electron chi connectivity index (χ1n) is 7.02. The van der Waals surface area contributed by atoms with E-state index in [-0.39, 0.29) is 24.2 Å². The molecule has 10 heteroatoms. The lowest BCUT2D eigenvalue weighted by Gasteiger charge is -2.15. The zero-order chi connectivity index (χ0) is 18.0. The lowest BCUT2D eigenvalue weighted by atomic mass is 10.1. The van der Waals surface area contributed by atoms with Crippen molar-refractivity contribution in [3.05, 3.63) is 65.2 Å². The number of aromatic amines is 2. The first-order valence-corrected chi connectivity index (χ1v) is 7.02. The Hall–Kier alpha value is -3.17. The molecule has 2 aromatic rings. The standard InChI is InChI=1S/C14H16N4O6/c1-7-3-17(13(23)15-10(7)19)5-9(12(21)22)6-18-4-8(2)11(20)16-14(18)24/h3-4,9H,5-6H2,1-2H3,(H,21,22)(H,15,19,23)(H,16,20,24). The Morgan fingerprint density at radius 2 is 1.33 bits per heavy atom. The van der Waals surface area contributed by atoms with Gasteiger partial charge in [0.05, 0.1) is 5.92 Å². The zero-order valence-corrected chi connectivity index (χ0v) is 13.0. The predicted molar refractivity (Wildman–Crippen MR) is 83.2 cm³/mol. The van der Waals surface area contributed by atoms with Gasteiger partial charge in [0.25, 0.3) is 11.1 Å². The van der Waals surface area contributed by atoms with Gasteiger partial charge in [0.2, 0.25) is 0 Å². The number of aromatic nitrogens is 4. The molecule has 0 amide bonds. The van der Waals surface area contributed by atoms with E-state index in [1.807, 2.05) is 0 Å². The Balaban J connectivity index is 2.37. The van der Waals surface area contributed by atoms with Crippen LogP contribution in [-0.2, 0) is 17.9 Å². The minimum absolute atomic E-state index is 0.240. The molecule has 0 fully saturated rings. The summed E-state index contributed by atoms with van der Waals surface area (Å²) in [4.78, 5) is 61.9. The van der Waals surface area contributed by atoms with E-state index in [2.05, 4.69) is 9.97 Å². The number of carbonyl (C=O) groups is 1. The summed E-state index contributed by atoms with van der Waals surface area (Å²) in [7, 11) is 0. The van der Waals surface area contributed by atoms with Crippen LogP contribution in [0.2, 0.25) is 0 Å². The molecular formula is C14H16N4O6. The minimum Gasteiger partial charge on any atom is -0.481 e. The second kappa shape index (κ2) is 6.52. The normalized spacial score (nSPS) is 11.0. The predicted octanol–water partition coefficient (Wildman–Crippen LogP) is -1.60. The third-order valence-electron chi connectivity index (χ3n) is 3.56. The topological polar surface area (TPSA) is 147 Å². The Morgan fingerprint density at radius 1 is 0.958 bits per heavy atom. The van der Waals surface area contributed by atoms with Crippen molar-refractivity contribution in [2.75, 3.05) is 0 Å². The summed E-state index contributed by atoms with van der Waals surface area (Å²) in [5.74, 6) is -2.34. The molecule has 0 aromatic carbocycles. The SMILES string of the molecule is Cc1cn(CC(Cn2cc(C)c(=O)[nH]c2=O)C(=O)O)c(=O)[nH]c1=O. The fourth-order valence-corrected chi connectivity index (χ4v) is 2.20. The van der Waals surface area contributed by atoms with Gasteiger partial charge in [0, 0.05) is 36.6 Å². The summed E-state index contributed by atoms with van der Waals surface area (Å²) in [6.07, 6.45) is 2.52. The van der Waals surface area contributed by atoms with Crippen LogP contribution in [0, 0.1) is 19.8 Å². The fraction of sp³-hybridized carbons (Fsp3) is 0.357. The van der Waals surface area contributed by atoms with E-state index < -0.39 is 34.4 Å². The van der Waals surface area contributed by atoms with Gasteiger partial charge in [-0.15, -0.1) is 0 Å². The Kier molecular flexibility index (Phi) is 4.67. The summed E-state index contributed by atoms with van der Waals surface area (Å²) >= 11 is 0. The van der Waals surface area contributed by atoms with Crippen LogP contribution in [0.15, 0.2) is 31.6 Å². The van der Waals surface area contributed by atoms with Crippen LogP contribution in [0.1, 0.15) is 11.1 Å². The molecule has 24 heavy (non-hydrogen) atoms. The van der Waals surface area contributed by atoms with E-state index in [1.165, 1.54) is 26.2 Å². The van der Waals surface area contributed by atoms with Gasteiger partial charge in [-0.1, -0.05) is 0 Å². The first-order chi connectivity index (χ1) is 11.2. The number of H-pyrrole nitrogens is 2. The largest absolute Gasteiger partial charge is 0.481 e. The molecule has 0 atom stereocenters. The highest BCUT2D eigenvalue weighted by molar-refractivity contribution is 5.69. The van der Waals surface area contributed by atoms with Crippen molar-refractivity contribution < 1.29 is 9.90 Å². The molecule has 0 bridgehead atoms. The third-order valence-corrected chi connectivity index (χ3v) is 3.56. The molecule has 0 saturated heterocycles. The van der Waals surface area contributed by atoms with Crippen LogP contribution < -0.4 is 22.5 Å². The summed E-state index contributed by atoms with van der Waals surface area (Å²) in [5.41, 5.74) is -2.04. The van der Waals surface area contributed by atoms with E-state index in [9.17, 15) is 29.1 Å². The van der Waals surface area contributed by atoms with E-state index in [1.54, 1.807) is 0 Å². The van der Waals surface area contributed by atoms with Crippen molar-refractivity contribution >= 4 is 5.97 Å². The monoisotopic (exact) mass is 336 g/mol. The number of aliphatic carboxylic acids is 1. The molecule has 0 spiro atoms. The van der Waals surface area contributed by atoms with Gasteiger partial charge in [0.15, 0.2) is 0 Å². The average molecular weight is 336 g/mol. The average Bonchev–Trinajstić information content (AvgIpc) is 2.48. The lowest BCUT2D eigenvalue weighted by Crippen LogP contribution is -2.38. The van der Waals surface area contributed by atoms with Gasteiger partial charge >= 0.3 is 17.3 Å². The molecule has 2 heterocycles. The fourth-order valence-electron chi connectivity index (χ4n) is 2.20. The quantitative estimate of drug-likeness (QED) is 0.599. The second-order valence-corrected chi connectivity index (χ2v) is 5.48. The van der Waals surface area contributed by atoms with Crippen LogP contribution in [-0.4, -0.2) is 30.2 Å². The maximum Gasteiger partial charge on any atom is 0.328 e. The van der Waals surface area contributed by atoms with E-state index >= 15 is 0 Å². The molecule has 3 N–H and O–H groups in total. The summed E-state index contributed by atoms with van der Waals surface area (Å²) < 4.78 is 2.14. The number of nitrogens with zero attached hydrogens (tertiary/aromatic N) is 2. The molecule has 0 unspecified atom stereocenters. The summed E-state index contributed by atoms with van der Waals surface area (Å²) in [6, 6.07) is 0. The maximum absolute atomic E-state index is 11.8. The van der Waals surface area contributed by atoms with Crippen LogP contribution in [0.5, 0.6) is 0 Å². The van der Waals surface area contributed by atoms with Crippen molar-refractivity contribution in [2.45, 2.75) is 26.9 Å². The Labute approximate surface area is 134 Å². The molecular weight excluding hydrogens is 320 g/mol. The molecule has 0 aliphatic heterocycles. The Bertz CT molecular complexity index is 934. The highest BCUT2D eigenvalue weighted by Gasteiger charge is 2.21. The maximum atomic E-state index is 11.8. The number of aryl methyl sites for hydroxylation is 2. The van der Waals surface area contributed by atoms with Gasteiger partial charge in [-0.2, -0.15) is 0 Å². The van der Waals surface area contributed by atoms with Crippen LogP contribution >= 0.6 is 0 Å². The van der Waals surface area contributed by atoms with Crippen molar-refractivity contribution in [3.8, 4) is 0 Å². The van der Waals surface area contributed by atoms with Gasteiger partial charge < -0.3 is 5.11 Å². The minimum atomic E-state index is -1.22. The van der Waals surface area contributed by atoms with Crippen molar-refractivity contribution in [1.29, 1.82) is 0 Å². The number of hydrogen-bond acceptors (Lipinski definition) is 5. The number of hydrogen-bond donors (Lipinski definition) is 3. The van der Waals surface area contributed by atoms with E-state index in [0.29, 0.717) is 0 Å². The molecule has 0 aliphatic rings. The van der Waals surface area contributed by atoms with Gasteiger partial charge in [-0.25, -0.2) is 9.59 Å². The number of nitrogens with one attached hydrogen (secondary N) is 2. The number of carboxylic acids is 1. The first kappa shape index (κ1) is 17.2. The number of rotatable bonds is 5. The Morgan fingerprint density at radius 3 is 1.67 bits per heavy atom. The lowest BCUT2D eigenvalue weighted by molar-refractivity contribution is -0.142. The smallest absolute Gasteiger partial charge is 0.328 e. The van der Waals surface area contributed by atoms with Gasteiger partial charge in [-0.3, -0.25) is 33.5 Å². The van der Waals surface area contributed by atoms with Crippen LogP contribution in [0.4, 0.5) is 0 Å².